The van der Waals surface area contributed by atoms with Crippen molar-refractivity contribution in [1.29, 1.82) is 0 Å². The van der Waals surface area contributed by atoms with Crippen LogP contribution in [0.5, 0.6) is 5.75 Å². The fraction of sp³-hybridized carbons (Fsp3) is 0.269. The molecule has 1 unspecified atom stereocenters. The highest BCUT2D eigenvalue weighted by Gasteiger charge is 2.19. The molecule has 0 radical (unpaired) electrons. The van der Waals surface area contributed by atoms with Crippen LogP contribution >= 0.6 is 11.6 Å². The van der Waals surface area contributed by atoms with Crippen LogP contribution in [0.3, 0.4) is 0 Å². The molecule has 0 amide bonds. The van der Waals surface area contributed by atoms with Crippen molar-refractivity contribution in [3.8, 4) is 28.0 Å². The van der Waals surface area contributed by atoms with Gasteiger partial charge in [-0.1, -0.05) is 40.9 Å². The summed E-state index contributed by atoms with van der Waals surface area (Å²) in [6, 6.07) is 11.0. The molecule has 3 heterocycles. The summed E-state index contributed by atoms with van der Waals surface area (Å²) < 4.78 is 6.47. The molecular formula is C26H25ClN4O. The van der Waals surface area contributed by atoms with E-state index >= 15 is 0 Å². The van der Waals surface area contributed by atoms with Crippen molar-refractivity contribution < 1.29 is 4.74 Å². The Morgan fingerprint density at radius 3 is 2.41 bits per heavy atom. The Balaban J connectivity index is 1.66. The van der Waals surface area contributed by atoms with E-state index < -0.39 is 0 Å². The minimum absolute atomic E-state index is 0.541. The molecule has 5 nitrogen and oxygen atoms in total. The fourth-order valence-corrected chi connectivity index (χ4v) is 4.51. The molecule has 1 saturated heterocycles. The number of aryl methyl sites for hydroxylation is 2. The molecule has 1 aliphatic rings. The van der Waals surface area contributed by atoms with Crippen LogP contribution in [0.1, 0.15) is 24.0 Å². The summed E-state index contributed by atoms with van der Waals surface area (Å²) in [5.41, 5.74) is 7.05. The Morgan fingerprint density at radius 1 is 0.969 bits per heavy atom. The van der Waals surface area contributed by atoms with E-state index in [0.717, 1.165) is 51.9 Å². The van der Waals surface area contributed by atoms with Crippen LogP contribution in [0.15, 0.2) is 55.2 Å². The van der Waals surface area contributed by atoms with Crippen LogP contribution in [0.2, 0.25) is 5.02 Å². The molecule has 32 heavy (non-hydrogen) atoms. The van der Waals surface area contributed by atoms with Crippen LogP contribution in [-0.4, -0.2) is 34.1 Å². The normalized spacial score (nSPS) is 15.5. The first kappa shape index (κ1) is 20.9. The molecule has 2 aromatic heterocycles. The molecule has 1 N–H and O–H groups in total. The number of fused-ring (bicyclic) bond motifs is 1. The number of aromatic nitrogens is 3. The van der Waals surface area contributed by atoms with Gasteiger partial charge in [-0.2, -0.15) is 0 Å². The van der Waals surface area contributed by atoms with Crippen molar-refractivity contribution in [2.75, 3.05) is 13.2 Å². The third-order valence-electron chi connectivity index (χ3n) is 5.95. The predicted octanol–water partition coefficient (Wildman–Crippen LogP) is 5.76. The second-order valence-corrected chi connectivity index (χ2v) is 8.84. The Hall–Kier alpha value is -3.02. The zero-order valence-corrected chi connectivity index (χ0v) is 19.0. The van der Waals surface area contributed by atoms with Crippen molar-refractivity contribution in [3.05, 3.63) is 71.4 Å². The van der Waals surface area contributed by atoms with Crippen LogP contribution in [0, 0.1) is 13.8 Å². The van der Waals surface area contributed by atoms with E-state index in [0.29, 0.717) is 17.7 Å². The second kappa shape index (κ2) is 8.85. The van der Waals surface area contributed by atoms with E-state index in [-0.39, 0.29) is 0 Å². The third-order valence-corrected chi connectivity index (χ3v) is 6.26. The summed E-state index contributed by atoms with van der Waals surface area (Å²) in [6.45, 7) is 5.96. The van der Waals surface area contributed by atoms with Crippen molar-refractivity contribution in [1.82, 2.24) is 20.3 Å². The molecule has 162 valence electrons. The molecule has 5 rings (SSSR count). The number of rotatable bonds is 6. The standard InChI is InChI=1S/C26H25ClN4O/c1-16-7-17(2)9-18(8-16)23-14-31-25-11-24(27)21(19-12-28-15-29-13-19)10-22(25)26(23)32-6-4-20-3-5-30-20/h7-15,20,30H,3-6H2,1-2H3. The summed E-state index contributed by atoms with van der Waals surface area (Å²) in [5, 5.41) is 5.00. The molecule has 0 spiro atoms. The SMILES string of the molecule is Cc1cc(C)cc(-c2cnc3cc(Cl)c(-c4cncnc4)cc3c2OCCC2CCN2)c1. The maximum Gasteiger partial charge on any atom is 0.138 e. The first-order chi connectivity index (χ1) is 15.6. The second-order valence-electron chi connectivity index (χ2n) is 8.43. The van der Waals surface area contributed by atoms with E-state index in [4.69, 9.17) is 21.3 Å². The molecule has 1 atom stereocenters. The van der Waals surface area contributed by atoms with Gasteiger partial charge in [-0.25, -0.2) is 9.97 Å². The first-order valence-corrected chi connectivity index (χ1v) is 11.3. The van der Waals surface area contributed by atoms with Crippen LogP contribution in [-0.2, 0) is 0 Å². The number of hydrogen-bond acceptors (Lipinski definition) is 5. The van der Waals surface area contributed by atoms with Crippen molar-refractivity contribution >= 4 is 22.5 Å². The Kier molecular flexibility index (Phi) is 5.77. The highest BCUT2D eigenvalue weighted by Crippen LogP contribution is 2.40. The quantitative estimate of drug-likeness (QED) is 0.409. The van der Waals surface area contributed by atoms with Gasteiger partial charge < -0.3 is 10.1 Å². The van der Waals surface area contributed by atoms with Gasteiger partial charge in [0.2, 0.25) is 0 Å². The molecule has 0 aliphatic carbocycles. The minimum Gasteiger partial charge on any atom is -0.492 e. The highest BCUT2D eigenvalue weighted by atomic mass is 35.5. The van der Waals surface area contributed by atoms with E-state index in [1.54, 1.807) is 12.4 Å². The average molecular weight is 445 g/mol. The highest BCUT2D eigenvalue weighted by molar-refractivity contribution is 6.34. The van der Waals surface area contributed by atoms with Gasteiger partial charge in [0.15, 0.2) is 0 Å². The smallest absolute Gasteiger partial charge is 0.138 e. The maximum atomic E-state index is 6.62. The summed E-state index contributed by atoms with van der Waals surface area (Å²) in [5.74, 6) is 0.842. The summed E-state index contributed by atoms with van der Waals surface area (Å²) in [6.07, 6.45) is 9.13. The van der Waals surface area contributed by atoms with Gasteiger partial charge in [-0.15, -0.1) is 0 Å². The van der Waals surface area contributed by atoms with Gasteiger partial charge >= 0.3 is 0 Å². The largest absolute Gasteiger partial charge is 0.492 e. The molecular weight excluding hydrogens is 420 g/mol. The van der Waals surface area contributed by atoms with E-state index in [9.17, 15) is 0 Å². The molecule has 1 fully saturated rings. The molecule has 2 aromatic carbocycles. The number of nitrogens with zero attached hydrogens (tertiary/aromatic N) is 3. The van der Waals surface area contributed by atoms with Crippen LogP contribution in [0.4, 0.5) is 0 Å². The zero-order chi connectivity index (χ0) is 22.1. The first-order valence-electron chi connectivity index (χ1n) is 10.9. The predicted molar refractivity (Wildman–Crippen MR) is 129 cm³/mol. The average Bonchev–Trinajstić information content (AvgIpc) is 2.74. The third kappa shape index (κ3) is 4.18. The Labute approximate surface area is 192 Å². The van der Waals surface area contributed by atoms with Crippen LogP contribution < -0.4 is 10.1 Å². The number of benzene rings is 2. The number of halogens is 1. The Bertz CT molecular complexity index is 1250. The van der Waals surface area contributed by atoms with Gasteiger partial charge in [0, 0.05) is 46.7 Å². The number of hydrogen-bond donors (Lipinski definition) is 1. The van der Waals surface area contributed by atoms with Gasteiger partial charge in [0.05, 0.1) is 17.1 Å². The van der Waals surface area contributed by atoms with Crippen LogP contribution in [0.25, 0.3) is 33.2 Å². The van der Waals surface area contributed by atoms with E-state index in [1.165, 1.54) is 23.9 Å². The minimum atomic E-state index is 0.541. The maximum absolute atomic E-state index is 6.62. The van der Waals surface area contributed by atoms with Gasteiger partial charge in [0.25, 0.3) is 0 Å². The van der Waals surface area contributed by atoms with Crippen molar-refractivity contribution in [2.24, 2.45) is 0 Å². The fourth-order valence-electron chi connectivity index (χ4n) is 4.24. The summed E-state index contributed by atoms with van der Waals surface area (Å²) in [7, 11) is 0. The lowest BCUT2D eigenvalue weighted by Crippen LogP contribution is -2.43. The number of nitrogens with one attached hydrogen (secondary N) is 1. The topological polar surface area (TPSA) is 59.9 Å². The van der Waals surface area contributed by atoms with E-state index in [1.807, 2.05) is 18.3 Å². The van der Waals surface area contributed by atoms with Gasteiger partial charge in [-0.3, -0.25) is 4.98 Å². The zero-order valence-electron chi connectivity index (χ0n) is 18.2. The molecule has 0 bridgehead atoms. The molecule has 0 saturated carbocycles. The Morgan fingerprint density at radius 2 is 1.72 bits per heavy atom. The lowest BCUT2D eigenvalue weighted by Gasteiger charge is -2.27. The van der Waals surface area contributed by atoms with Crippen molar-refractivity contribution in [3.63, 3.8) is 0 Å². The van der Waals surface area contributed by atoms with Gasteiger partial charge in [0.1, 0.15) is 12.1 Å². The molecule has 6 heteroatoms. The summed E-state index contributed by atoms with van der Waals surface area (Å²) in [4.78, 5) is 13.0. The van der Waals surface area contributed by atoms with Gasteiger partial charge in [-0.05, 0) is 50.9 Å². The number of ether oxygens (including phenoxy) is 1. The van der Waals surface area contributed by atoms with E-state index in [2.05, 4.69) is 47.3 Å². The van der Waals surface area contributed by atoms with Crippen molar-refractivity contribution in [2.45, 2.75) is 32.7 Å². The number of pyridine rings is 1. The monoisotopic (exact) mass is 444 g/mol. The summed E-state index contributed by atoms with van der Waals surface area (Å²) >= 11 is 6.62. The lowest BCUT2D eigenvalue weighted by atomic mass is 9.98. The molecule has 4 aromatic rings. The lowest BCUT2D eigenvalue weighted by molar-refractivity contribution is 0.255. The molecule has 1 aliphatic heterocycles.